The van der Waals surface area contributed by atoms with Crippen molar-refractivity contribution in [2.75, 3.05) is 19.7 Å². The minimum Gasteiger partial charge on any atom is -0.466 e. The van der Waals surface area contributed by atoms with Gasteiger partial charge in [0.2, 0.25) is 0 Å². The molecule has 2 N–H and O–H groups in total. The minimum absolute atomic E-state index is 0.0481. The molecule has 0 spiro atoms. The Kier molecular flexibility index (Phi) is 9.00. The van der Waals surface area contributed by atoms with Crippen LogP contribution >= 0.6 is 11.6 Å². The summed E-state index contributed by atoms with van der Waals surface area (Å²) in [6.07, 6.45) is 1.75. The molecule has 0 fully saturated rings. The van der Waals surface area contributed by atoms with E-state index in [0.29, 0.717) is 16.1 Å². The van der Waals surface area contributed by atoms with Crippen molar-refractivity contribution in [3.05, 3.63) is 56.6 Å². The standard InChI is InChI=1S/C24H30ClN5O4/c1-6-34-21(31)10-12-30-14-19(16(2)3)24(15-27-29-26,28-22(30)32)18-8-7-17(20(25)13-18)9-11-23(4,5)33/h7-8,13-14,16,33H,6,10,12,15H2,1-5H3,(H,28,32)/t24-/m0/s1. The van der Waals surface area contributed by atoms with Crippen LogP contribution in [0.3, 0.4) is 0 Å². The maximum Gasteiger partial charge on any atom is 0.322 e. The van der Waals surface area contributed by atoms with Gasteiger partial charge in [-0.1, -0.05) is 48.5 Å². The Hall–Kier alpha value is -3.18. The van der Waals surface area contributed by atoms with Gasteiger partial charge in [-0.2, -0.15) is 0 Å². The van der Waals surface area contributed by atoms with Gasteiger partial charge in [-0.15, -0.1) is 0 Å². The normalized spacial score (nSPS) is 17.8. The van der Waals surface area contributed by atoms with Crippen molar-refractivity contribution in [2.24, 2.45) is 11.0 Å². The second-order valence-electron chi connectivity index (χ2n) is 8.72. The molecule has 2 amide bonds. The summed E-state index contributed by atoms with van der Waals surface area (Å²) < 4.78 is 4.96. The molecule has 34 heavy (non-hydrogen) atoms. The van der Waals surface area contributed by atoms with E-state index in [4.69, 9.17) is 21.9 Å². The van der Waals surface area contributed by atoms with Crippen molar-refractivity contribution in [3.8, 4) is 11.8 Å². The first-order valence-electron chi connectivity index (χ1n) is 11.0. The van der Waals surface area contributed by atoms with Crippen LogP contribution in [-0.4, -0.2) is 47.3 Å². The number of benzene rings is 1. The van der Waals surface area contributed by atoms with Crippen LogP contribution in [0.25, 0.3) is 10.4 Å². The largest absolute Gasteiger partial charge is 0.466 e. The Morgan fingerprint density at radius 2 is 2.15 bits per heavy atom. The zero-order valence-corrected chi connectivity index (χ0v) is 20.8. The first kappa shape index (κ1) is 27.1. The van der Waals surface area contributed by atoms with Gasteiger partial charge in [-0.25, -0.2) is 4.79 Å². The predicted octanol–water partition coefficient (Wildman–Crippen LogP) is 4.49. The van der Waals surface area contributed by atoms with Crippen LogP contribution < -0.4 is 5.32 Å². The van der Waals surface area contributed by atoms with Gasteiger partial charge in [0.05, 0.1) is 30.1 Å². The second kappa shape index (κ2) is 11.3. The van der Waals surface area contributed by atoms with Gasteiger partial charge in [-0.3, -0.25) is 4.79 Å². The van der Waals surface area contributed by atoms with Crippen molar-refractivity contribution in [1.29, 1.82) is 0 Å². The molecule has 10 heteroatoms. The van der Waals surface area contributed by atoms with Gasteiger partial charge in [0.25, 0.3) is 0 Å². The molecular formula is C24H30ClN5O4. The average molecular weight is 488 g/mol. The molecule has 1 atom stereocenters. The fourth-order valence-electron chi connectivity index (χ4n) is 3.62. The Labute approximate surface area is 204 Å². The number of carbonyl (C=O) groups is 2. The number of ether oxygens (including phenoxy) is 1. The first-order valence-corrected chi connectivity index (χ1v) is 11.3. The van der Waals surface area contributed by atoms with Crippen LogP contribution in [0.15, 0.2) is 35.1 Å². The lowest BCUT2D eigenvalue weighted by Gasteiger charge is -2.44. The van der Waals surface area contributed by atoms with Crippen molar-refractivity contribution in [3.63, 3.8) is 0 Å². The van der Waals surface area contributed by atoms with Crippen LogP contribution in [0, 0.1) is 17.8 Å². The first-order chi connectivity index (χ1) is 15.9. The summed E-state index contributed by atoms with van der Waals surface area (Å²) in [5.74, 6) is 5.14. The number of amides is 2. The van der Waals surface area contributed by atoms with Crippen molar-refractivity contribution >= 4 is 23.6 Å². The predicted molar refractivity (Wildman–Crippen MR) is 130 cm³/mol. The highest BCUT2D eigenvalue weighted by atomic mass is 35.5. The van der Waals surface area contributed by atoms with E-state index in [-0.39, 0.29) is 32.0 Å². The number of hydrogen-bond acceptors (Lipinski definition) is 5. The van der Waals surface area contributed by atoms with Gasteiger partial charge in [0, 0.05) is 23.2 Å². The van der Waals surface area contributed by atoms with Crippen LogP contribution in [0.5, 0.6) is 0 Å². The number of aliphatic hydroxyl groups is 1. The molecular weight excluding hydrogens is 458 g/mol. The second-order valence-corrected chi connectivity index (χ2v) is 9.12. The van der Waals surface area contributed by atoms with E-state index in [9.17, 15) is 14.7 Å². The molecule has 2 rings (SSSR count). The van der Waals surface area contributed by atoms with Gasteiger partial charge in [-0.05, 0) is 55.5 Å². The molecule has 182 valence electrons. The van der Waals surface area contributed by atoms with Crippen LogP contribution in [-0.2, 0) is 15.1 Å². The number of esters is 1. The number of nitrogens with zero attached hydrogens (tertiary/aromatic N) is 4. The molecule has 0 unspecified atom stereocenters. The maximum atomic E-state index is 13.0. The molecule has 1 aromatic carbocycles. The number of hydrogen-bond donors (Lipinski definition) is 2. The highest BCUT2D eigenvalue weighted by Gasteiger charge is 2.43. The summed E-state index contributed by atoms with van der Waals surface area (Å²) in [6, 6.07) is 4.70. The van der Waals surface area contributed by atoms with E-state index in [1.807, 2.05) is 13.8 Å². The van der Waals surface area contributed by atoms with E-state index >= 15 is 0 Å². The topological polar surface area (TPSA) is 128 Å². The lowest BCUT2D eigenvalue weighted by atomic mass is 9.76. The average Bonchev–Trinajstić information content (AvgIpc) is 2.75. The third kappa shape index (κ3) is 6.67. The van der Waals surface area contributed by atoms with Crippen molar-refractivity contribution < 1.29 is 19.4 Å². The summed E-state index contributed by atoms with van der Waals surface area (Å²) in [5, 5.41) is 17.0. The van der Waals surface area contributed by atoms with E-state index in [1.165, 1.54) is 4.90 Å². The Bertz CT molecular complexity index is 1080. The molecule has 0 aromatic heterocycles. The van der Waals surface area contributed by atoms with E-state index in [0.717, 1.165) is 5.57 Å². The lowest BCUT2D eigenvalue weighted by molar-refractivity contribution is -0.143. The molecule has 1 heterocycles. The van der Waals surface area contributed by atoms with Crippen molar-refractivity contribution in [1.82, 2.24) is 10.2 Å². The fourth-order valence-corrected chi connectivity index (χ4v) is 3.84. The van der Waals surface area contributed by atoms with Gasteiger partial charge >= 0.3 is 12.0 Å². The Morgan fingerprint density at radius 1 is 1.44 bits per heavy atom. The molecule has 1 aliphatic heterocycles. The smallest absolute Gasteiger partial charge is 0.322 e. The lowest BCUT2D eigenvalue weighted by Crippen LogP contribution is -2.58. The highest BCUT2D eigenvalue weighted by molar-refractivity contribution is 6.31. The van der Waals surface area contributed by atoms with E-state index < -0.39 is 23.1 Å². The number of nitrogens with one attached hydrogen (secondary N) is 1. The maximum absolute atomic E-state index is 13.0. The van der Waals surface area contributed by atoms with Gasteiger partial charge in [0.1, 0.15) is 5.60 Å². The van der Waals surface area contributed by atoms with E-state index in [2.05, 4.69) is 27.2 Å². The van der Waals surface area contributed by atoms with E-state index in [1.54, 1.807) is 45.2 Å². The Morgan fingerprint density at radius 3 is 2.71 bits per heavy atom. The minimum atomic E-state index is -1.18. The molecule has 0 radical (unpaired) electrons. The molecule has 0 bridgehead atoms. The number of halogens is 1. The third-order valence-electron chi connectivity index (χ3n) is 5.19. The number of azide groups is 1. The number of urea groups is 1. The van der Waals surface area contributed by atoms with Crippen LogP contribution in [0.1, 0.15) is 52.2 Å². The quantitative estimate of drug-likeness (QED) is 0.184. The number of rotatable bonds is 8. The molecule has 0 aliphatic carbocycles. The zero-order valence-electron chi connectivity index (χ0n) is 20.1. The molecule has 1 aliphatic rings. The fraction of sp³-hybridized carbons (Fsp3) is 0.500. The van der Waals surface area contributed by atoms with Crippen molar-refractivity contribution in [2.45, 2.75) is 52.2 Å². The summed E-state index contributed by atoms with van der Waals surface area (Å²) >= 11 is 6.50. The molecule has 1 aromatic rings. The summed E-state index contributed by atoms with van der Waals surface area (Å²) in [7, 11) is 0. The van der Waals surface area contributed by atoms with Crippen LogP contribution in [0.2, 0.25) is 5.02 Å². The third-order valence-corrected chi connectivity index (χ3v) is 5.50. The molecule has 0 saturated heterocycles. The monoisotopic (exact) mass is 487 g/mol. The van der Waals surface area contributed by atoms with Gasteiger partial charge < -0.3 is 20.1 Å². The van der Waals surface area contributed by atoms with Gasteiger partial charge in [0.15, 0.2) is 0 Å². The molecule has 0 saturated carbocycles. The number of carbonyl (C=O) groups excluding carboxylic acids is 2. The summed E-state index contributed by atoms with van der Waals surface area (Å²) in [4.78, 5) is 29.2. The Balaban J connectivity index is 2.55. The highest BCUT2D eigenvalue weighted by Crippen LogP contribution is 2.39. The van der Waals surface area contributed by atoms with Crippen LogP contribution in [0.4, 0.5) is 4.79 Å². The zero-order chi connectivity index (χ0) is 25.5. The molecule has 9 nitrogen and oxygen atoms in total. The summed E-state index contributed by atoms with van der Waals surface area (Å²) in [5.41, 5.74) is 8.65. The summed E-state index contributed by atoms with van der Waals surface area (Å²) in [6.45, 7) is 9.12. The SMILES string of the molecule is CCOC(=O)CCN1C=C(C(C)C)[C@](CN=[N+]=[N-])(c2ccc(C#CC(C)(C)O)c(Cl)c2)NC1=O.